The molecule has 3 rings (SSSR count). The molecule has 0 unspecified atom stereocenters. The van der Waals surface area contributed by atoms with Crippen molar-refractivity contribution in [2.75, 3.05) is 69.3 Å². The third-order valence-corrected chi connectivity index (χ3v) is 5.45. The van der Waals surface area contributed by atoms with E-state index < -0.39 is 4.92 Å². The molecule has 166 valence electrons. The second kappa shape index (κ2) is 11.0. The Labute approximate surface area is 175 Å². The van der Waals surface area contributed by atoms with E-state index in [1.807, 2.05) is 4.90 Å². The van der Waals surface area contributed by atoms with Crippen molar-refractivity contribution in [3.63, 3.8) is 0 Å². The summed E-state index contributed by atoms with van der Waals surface area (Å²) in [5.74, 6) is 0.171. The van der Waals surface area contributed by atoms with Gasteiger partial charge in [0, 0.05) is 32.7 Å². The second-order valence-electron chi connectivity index (χ2n) is 7.40. The summed E-state index contributed by atoms with van der Waals surface area (Å²) in [6, 6.07) is 0. The van der Waals surface area contributed by atoms with Gasteiger partial charge in [0.15, 0.2) is 0 Å². The summed E-state index contributed by atoms with van der Waals surface area (Å²) < 4.78 is 10.4. The van der Waals surface area contributed by atoms with E-state index in [9.17, 15) is 14.9 Å². The molecular weight excluding hydrogens is 392 g/mol. The van der Waals surface area contributed by atoms with E-state index in [1.54, 1.807) is 6.92 Å². The molecule has 3 heterocycles. The zero-order valence-electron chi connectivity index (χ0n) is 17.4. The van der Waals surface area contributed by atoms with Crippen molar-refractivity contribution in [2.24, 2.45) is 5.92 Å². The van der Waals surface area contributed by atoms with Gasteiger partial charge in [-0.25, -0.2) is 9.97 Å². The zero-order valence-corrected chi connectivity index (χ0v) is 17.4. The number of esters is 1. The molecule has 0 saturated carbocycles. The lowest BCUT2D eigenvalue weighted by Gasteiger charge is -2.31. The Bertz CT molecular complexity index is 719. The molecule has 1 aromatic heterocycles. The van der Waals surface area contributed by atoms with Gasteiger partial charge >= 0.3 is 11.7 Å². The smallest absolute Gasteiger partial charge is 0.353 e. The average Bonchev–Trinajstić information content (AvgIpc) is 2.77. The fraction of sp³-hybridized carbons (Fsp3) is 0.737. The number of rotatable bonds is 9. The number of anilines is 2. The van der Waals surface area contributed by atoms with Gasteiger partial charge in [-0.3, -0.25) is 19.8 Å². The summed E-state index contributed by atoms with van der Waals surface area (Å²) in [6.07, 6.45) is 3.37. The number of hydrogen-bond acceptors (Lipinski definition) is 10. The second-order valence-corrected chi connectivity index (χ2v) is 7.40. The molecule has 0 aliphatic carbocycles. The van der Waals surface area contributed by atoms with Crippen molar-refractivity contribution in [3.8, 4) is 0 Å². The molecular formula is C19H30N6O5. The normalized spacial score (nSPS) is 18.2. The quantitative estimate of drug-likeness (QED) is 0.269. The minimum absolute atomic E-state index is 0.113. The minimum Gasteiger partial charge on any atom is -0.466 e. The van der Waals surface area contributed by atoms with E-state index in [2.05, 4.69) is 20.2 Å². The van der Waals surface area contributed by atoms with Gasteiger partial charge in [-0.1, -0.05) is 0 Å². The number of carbonyl (C=O) groups is 1. The summed E-state index contributed by atoms with van der Waals surface area (Å²) in [4.78, 5) is 35.8. The van der Waals surface area contributed by atoms with Crippen LogP contribution in [0.15, 0.2) is 6.33 Å². The van der Waals surface area contributed by atoms with Gasteiger partial charge in [0.1, 0.15) is 6.33 Å². The highest BCUT2D eigenvalue weighted by Crippen LogP contribution is 2.34. The number of nitro groups is 1. The lowest BCUT2D eigenvalue weighted by molar-refractivity contribution is -0.383. The molecule has 1 N–H and O–H groups in total. The highest BCUT2D eigenvalue weighted by atomic mass is 16.6. The first-order valence-electron chi connectivity index (χ1n) is 10.5. The van der Waals surface area contributed by atoms with Crippen LogP contribution in [0.4, 0.5) is 17.3 Å². The van der Waals surface area contributed by atoms with Crippen LogP contribution < -0.4 is 10.2 Å². The molecule has 2 aliphatic heterocycles. The van der Waals surface area contributed by atoms with Crippen molar-refractivity contribution >= 4 is 23.3 Å². The predicted octanol–water partition coefficient (Wildman–Crippen LogP) is 1.30. The number of carbonyl (C=O) groups excluding carboxylic acids is 1. The maximum absolute atomic E-state index is 11.9. The number of nitrogens with one attached hydrogen (secondary N) is 1. The van der Waals surface area contributed by atoms with Crippen LogP contribution in [0.1, 0.15) is 26.2 Å². The molecule has 0 atom stereocenters. The number of aromatic nitrogens is 2. The van der Waals surface area contributed by atoms with E-state index in [1.165, 1.54) is 6.33 Å². The SMILES string of the molecule is CCOC(=O)C1CCN(c2ncnc(NCCCN3CCOCC3)c2[N+](=O)[O-])CC1. The van der Waals surface area contributed by atoms with E-state index >= 15 is 0 Å². The van der Waals surface area contributed by atoms with Gasteiger partial charge in [0.2, 0.25) is 11.6 Å². The molecule has 0 radical (unpaired) electrons. The Balaban J connectivity index is 1.59. The number of piperidine rings is 1. The van der Waals surface area contributed by atoms with Crippen LogP contribution in [0.2, 0.25) is 0 Å². The maximum atomic E-state index is 11.9. The summed E-state index contributed by atoms with van der Waals surface area (Å²) in [5, 5.41) is 14.9. The van der Waals surface area contributed by atoms with Crippen LogP contribution in [0.5, 0.6) is 0 Å². The number of morpholine rings is 1. The van der Waals surface area contributed by atoms with Gasteiger partial charge in [-0.05, 0) is 32.7 Å². The van der Waals surface area contributed by atoms with Crippen molar-refractivity contribution < 1.29 is 19.2 Å². The number of nitrogens with zero attached hydrogens (tertiary/aromatic N) is 5. The van der Waals surface area contributed by atoms with E-state index in [0.717, 1.165) is 39.3 Å². The van der Waals surface area contributed by atoms with Crippen LogP contribution in [-0.4, -0.2) is 84.8 Å². The number of hydrogen-bond donors (Lipinski definition) is 1. The standard InChI is InChI=1S/C19H30N6O5/c1-2-30-19(26)15-4-8-24(9-5-15)18-16(25(27)28)17(21-14-22-18)20-6-3-7-23-10-12-29-13-11-23/h14-15H,2-13H2,1H3,(H,20,21,22). The molecule has 0 bridgehead atoms. The van der Waals surface area contributed by atoms with E-state index in [-0.39, 0.29) is 23.4 Å². The first-order valence-corrected chi connectivity index (χ1v) is 10.5. The molecule has 11 heteroatoms. The van der Waals surface area contributed by atoms with E-state index in [0.29, 0.717) is 44.9 Å². The van der Waals surface area contributed by atoms with Gasteiger partial charge in [-0.15, -0.1) is 0 Å². The van der Waals surface area contributed by atoms with Crippen LogP contribution >= 0.6 is 0 Å². The average molecular weight is 422 g/mol. The van der Waals surface area contributed by atoms with Gasteiger partial charge in [0.25, 0.3) is 0 Å². The Morgan fingerprint density at radius 2 is 2.03 bits per heavy atom. The summed E-state index contributed by atoms with van der Waals surface area (Å²) in [5.41, 5.74) is -0.113. The van der Waals surface area contributed by atoms with Crippen LogP contribution in [0.25, 0.3) is 0 Å². The molecule has 2 saturated heterocycles. The van der Waals surface area contributed by atoms with Crippen molar-refractivity contribution in [3.05, 3.63) is 16.4 Å². The summed E-state index contributed by atoms with van der Waals surface area (Å²) in [6.45, 7) is 7.99. The van der Waals surface area contributed by atoms with Crippen LogP contribution in [0.3, 0.4) is 0 Å². The lowest BCUT2D eigenvalue weighted by atomic mass is 9.97. The zero-order chi connectivity index (χ0) is 21.3. The fourth-order valence-corrected chi connectivity index (χ4v) is 3.82. The highest BCUT2D eigenvalue weighted by Gasteiger charge is 2.32. The molecule has 2 aliphatic rings. The predicted molar refractivity (Wildman–Crippen MR) is 111 cm³/mol. The monoisotopic (exact) mass is 422 g/mol. The molecule has 30 heavy (non-hydrogen) atoms. The molecule has 0 amide bonds. The minimum atomic E-state index is -0.433. The van der Waals surface area contributed by atoms with Crippen LogP contribution in [-0.2, 0) is 14.3 Å². The topological polar surface area (TPSA) is 123 Å². The van der Waals surface area contributed by atoms with E-state index in [4.69, 9.17) is 9.47 Å². The van der Waals surface area contributed by atoms with Crippen molar-refractivity contribution in [2.45, 2.75) is 26.2 Å². The highest BCUT2D eigenvalue weighted by molar-refractivity contribution is 5.74. The Kier molecular flexibility index (Phi) is 8.14. The molecule has 0 spiro atoms. The van der Waals surface area contributed by atoms with Gasteiger partial charge < -0.3 is 19.7 Å². The number of ether oxygens (including phenoxy) is 2. The Hall–Kier alpha value is -2.53. The largest absolute Gasteiger partial charge is 0.466 e. The first-order chi connectivity index (χ1) is 14.6. The van der Waals surface area contributed by atoms with Crippen molar-refractivity contribution in [1.82, 2.24) is 14.9 Å². The summed E-state index contributed by atoms with van der Waals surface area (Å²) in [7, 11) is 0. The Morgan fingerprint density at radius 1 is 1.30 bits per heavy atom. The lowest BCUT2D eigenvalue weighted by Crippen LogP contribution is -2.38. The third-order valence-electron chi connectivity index (χ3n) is 5.45. The molecule has 2 fully saturated rings. The van der Waals surface area contributed by atoms with Gasteiger partial charge in [0.05, 0.1) is 30.7 Å². The van der Waals surface area contributed by atoms with Gasteiger partial charge in [-0.2, -0.15) is 0 Å². The Morgan fingerprint density at radius 3 is 2.70 bits per heavy atom. The molecule has 0 aromatic carbocycles. The maximum Gasteiger partial charge on any atom is 0.353 e. The van der Waals surface area contributed by atoms with Crippen molar-refractivity contribution in [1.29, 1.82) is 0 Å². The summed E-state index contributed by atoms with van der Waals surface area (Å²) >= 11 is 0. The molecule has 11 nitrogen and oxygen atoms in total. The van der Waals surface area contributed by atoms with Crippen LogP contribution in [0, 0.1) is 16.0 Å². The fourth-order valence-electron chi connectivity index (χ4n) is 3.82. The third kappa shape index (κ3) is 5.76. The molecule has 1 aromatic rings. The first kappa shape index (κ1) is 22.2.